The zero-order valence-electron chi connectivity index (χ0n) is 8.33. The van der Waals surface area contributed by atoms with Crippen molar-refractivity contribution in [2.24, 2.45) is 0 Å². The molecule has 0 aliphatic carbocycles. The Bertz CT molecular complexity index is 482. The minimum atomic E-state index is 0.238. The van der Waals surface area contributed by atoms with E-state index in [9.17, 15) is 4.79 Å². The summed E-state index contributed by atoms with van der Waals surface area (Å²) in [6.07, 6.45) is 0.583. The molecule has 72 valence electrons. The quantitative estimate of drug-likeness (QED) is 0.680. The second-order valence-corrected chi connectivity index (χ2v) is 4.34. The maximum absolute atomic E-state index is 11.6. The Hall–Kier alpha value is -1.15. The van der Waals surface area contributed by atoms with Gasteiger partial charge in [-0.25, -0.2) is 0 Å². The van der Waals surface area contributed by atoms with Crippen molar-refractivity contribution >= 4 is 27.2 Å². The lowest BCUT2D eigenvalue weighted by atomic mass is 10.1. The van der Waals surface area contributed by atoms with Crippen LogP contribution in [0.4, 0.5) is 0 Å². The van der Waals surface area contributed by atoms with Crippen molar-refractivity contribution < 1.29 is 4.79 Å². The van der Waals surface area contributed by atoms with E-state index in [2.05, 4.69) is 25.1 Å². The molecule has 0 saturated heterocycles. The molecule has 0 spiro atoms. The van der Waals surface area contributed by atoms with Crippen molar-refractivity contribution in [1.29, 1.82) is 0 Å². The first-order chi connectivity index (χ1) is 6.72. The topological polar surface area (TPSA) is 17.1 Å². The lowest BCUT2D eigenvalue weighted by Gasteiger charge is -1.96. The highest BCUT2D eigenvalue weighted by atomic mass is 32.1. The van der Waals surface area contributed by atoms with Gasteiger partial charge in [-0.15, -0.1) is 11.3 Å². The van der Waals surface area contributed by atoms with Crippen molar-refractivity contribution in [1.82, 2.24) is 0 Å². The predicted octanol–water partition coefficient (Wildman–Crippen LogP) is 3.80. The Morgan fingerprint density at radius 3 is 2.93 bits per heavy atom. The number of hydrogen-bond donors (Lipinski definition) is 0. The van der Waals surface area contributed by atoms with Gasteiger partial charge in [-0.3, -0.25) is 4.79 Å². The lowest BCUT2D eigenvalue weighted by molar-refractivity contribution is 0.0990. The van der Waals surface area contributed by atoms with Crippen molar-refractivity contribution in [3.05, 3.63) is 34.7 Å². The molecule has 1 aromatic carbocycles. The molecule has 1 nitrogen and oxygen atoms in total. The third kappa shape index (κ3) is 1.46. The molecule has 0 radical (unpaired) electrons. The van der Waals surface area contributed by atoms with E-state index >= 15 is 0 Å². The minimum absolute atomic E-state index is 0.238. The molecule has 1 heterocycles. The van der Waals surface area contributed by atoms with Crippen molar-refractivity contribution in [3.63, 3.8) is 0 Å². The fourth-order valence-electron chi connectivity index (χ4n) is 1.55. The second kappa shape index (κ2) is 3.54. The third-order valence-electron chi connectivity index (χ3n) is 2.35. The molecule has 14 heavy (non-hydrogen) atoms. The highest BCUT2D eigenvalue weighted by Gasteiger charge is 2.09. The van der Waals surface area contributed by atoms with Gasteiger partial charge in [0.05, 0.1) is 0 Å². The van der Waals surface area contributed by atoms with Gasteiger partial charge in [0.1, 0.15) is 0 Å². The summed E-state index contributed by atoms with van der Waals surface area (Å²) in [6.45, 7) is 3.96. The molecule has 2 aromatic rings. The average Bonchev–Trinajstić information content (AvgIpc) is 2.59. The molecule has 1 aromatic heterocycles. The van der Waals surface area contributed by atoms with Crippen LogP contribution in [0.1, 0.15) is 29.3 Å². The third-order valence-corrected chi connectivity index (χ3v) is 3.31. The van der Waals surface area contributed by atoms with Gasteiger partial charge in [-0.2, -0.15) is 0 Å². The van der Waals surface area contributed by atoms with Crippen LogP contribution in [0.25, 0.3) is 10.1 Å². The predicted molar refractivity (Wildman–Crippen MR) is 61.2 cm³/mol. The van der Waals surface area contributed by atoms with E-state index in [1.54, 1.807) is 11.3 Å². The summed E-state index contributed by atoms with van der Waals surface area (Å²) >= 11 is 1.65. The Morgan fingerprint density at radius 1 is 1.43 bits per heavy atom. The highest BCUT2D eigenvalue weighted by Crippen LogP contribution is 2.27. The molecular weight excluding hydrogens is 192 g/mol. The fourth-order valence-corrected chi connectivity index (χ4v) is 2.50. The number of hydrogen-bond acceptors (Lipinski definition) is 2. The van der Waals surface area contributed by atoms with Crippen LogP contribution in [0, 0.1) is 6.92 Å². The molecule has 0 bridgehead atoms. The Labute approximate surface area is 87.4 Å². The van der Waals surface area contributed by atoms with E-state index < -0.39 is 0 Å². The highest BCUT2D eigenvalue weighted by molar-refractivity contribution is 7.17. The Morgan fingerprint density at radius 2 is 2.21 bits per heavy atom. The summed E-state index contributed by atoms with van der Waals surface area (Å²) in [5.41, 5.74) is 2.09. The molecule has 0 unspecified atom stereocenters. The summed E-state index contributed by atoms with van der Waals surface area (Å²) in [5, 5.41) is 3.08. The van der Waals surface area contributed by atoms with Gasteiger partial charge in [0.15, 0.2) is 5.78 Å². The van der Waals surface area contributed by atoms with Gasteiger partial charge in [0.25, 0.3) is 0 Å². The molecule has 0 saturated carbocycles. The molecule has 0 atom stereocenters. The van der Waals surface area contributed by atoms with Gasteiger partial charge in [0.2, 0.25) is 0 Å². The number of aryl methyl sites for hydroxylation is 1. The summed E-state index contributed by atoms with van der Waals surface area (Å²) in [7, 11) is 0. The standard InChI is InChI=1S/C12H12OS/c1-3-11(13)10-7-14-12-5-4-8(2)6-9(10)12/h4-7H,3H2,1-2H3. The van der Waals surface area contributed by atoms with Gasteiger partial charge < -0.3 is 0 Å². The number of thiophene rings is 1. The van der Waals surface area contributed by atoms with Gasteiger partial charge in [-0.05, 0) is 19.1 Å². The fraction of sp³-hybridized carbons (Fsp3) is 0.250. The molecule has 2 rings (SSSR count). The number of benzene rings is 1. The van der Waals surface area contributed by atoms with Gasteiger partial charge >= 0.3 is 0 Å². The summed E-state index contributed by atoms with van der Waals surface area (Å²) in [6, 6.07) is 6.26. The zero-order valence-corrected chi connectivity index (χ0v) is 9.15. The van der Waals surface area contributed by atoms with Crippen LogP contribution < -0.4 is 0 Å². The smallest absolute Gasteiger partial charge is 0.164 e. The Balaban J connectivity index is 2.67. The zero-order chi connectivity index (χ0) is 10.1. The second-order valence-electron chi connectivity index (χ2n) is 3.43. The molecular formula is C12H12OS. The van der Waals surface area contributed by atoms with E-state index in [1.807, 2.05) is 12.3 Å². The van der Waals surface area contributed by atoms with E-state index in [4.69, 9.17) is 0 Å². The van der Waals surface area contributed by atoms with Crippen LogP contribution >= 0.6 is 11.3 Å². The van der Waals surface area contributed by atoms with Crippen LogP contribution in [0.5, 0.6) is 0 Å². The monoisotopic (exact) mass is 204 g/mol. The average molecular weight is 204 g/mol. The number of carbonyl (C=O) groups is 1. The molecule has 2 heteroatoms. The van der Waals surface area contributed by atoms with Crippen LogP contribution in [0.2, 0.25) is 0 Å². The first-order valence-corrected chi connectivity index (χ1v) is 5.61. The van der Waals surface area contributed by atoms with Crippen LogP contribution in [-0.2, 0) is 0 Å². The van der Waals surface area contributed by atoms with E-state index in [0.29, 0.717) is 6.42 Å². The summed E-state index contributed by atoms with van der Waals surface area (Å²) in [4.78, 5) is 11.6. The summed E-state index contributed by atoms with van der Waals surface area (Å²) < 4.78 is 1.20. The van der Waals surface area contributed by atoms with Crippen molar-refractivity contribution in [2.75, 3.05) is 0 Å². The summed E-state index contributed by atoms with van der Waals surface area (Å²) in [5.74, 6) is 0.238. The molecule has 0 fully saturated rings. The van der Waals surface area contributed by atoms with Gasteiger partial charge in [-0.1, -0.05) is 18.6 Å². The maximum Gasteiger partial charge on any atom is 0.164 e. The van der Waals surface area contributed by atoms with Crippen molar-refractivity contribution in [3.8, 4) is 0 Å². The number of ketones is 1. The normalized spacial score (nSPS) is 10.7. The first kappa shape index (κ1) is 9.41. The maximum atomic E-state index is 11.6. The van der Waals surface area contributed by atoms with Gasteiger partial charge in [0, 0.05) is 27.5 Å². The Kier molecular flexibility index (Phi) is 2.38. The molecule has 0 aliphatic heterocycles. The number of rotatable bonds is 2. The molecule has 0 N–H and O–H groups in total. The minimum Gasteiger partial charge on any atom is -0.294 e. The van der Waals surface area contributed by atoms with E-state index in [1.165, 1.54) is 10.3 Å². The van der Waals surface area contributed by atoms with E-state index in [-0.39, 0.29) is 5.78 Å². The number of fused-ring (bicyclic) bond motifs is 1. The van der Waals surface area contributed by atoms with Crippen LogP contribution in [0.15, 0.2) is 23.6 Å². The molecule has 0 amide bonds. The first-order valence-electron chi connectivity index (χ1n) is 4.73. The van der Waals surface area contributed by atoms with Crippen LogP contribution in [-0.4, -0.2) is 5.78 Å². The van der Waals surface area contributed by atoms with Crippen LogP contribution in [0.3, 0.4) is 0 Å². The number of Topliss-reactive ketones (excluding diaryl/α,β-unsaturated/α-hetero) is 1. The largest absolute Gasteiger partial charge is 0.294 e. The lowest BCUT2D eigenvalue weighted by Crippen LogP contribution is -1.93. The van der Waals surface area contributed by atoms with Crippen molar-refractivity contribution in [2.45, 2.75) is 20.3 Å². The number of carbonyl (C=O) groups excluding carboxylic acids is 1. The molecule has 0 aliphatic rings. The van der Waals surface area contributed by atoms with E-state index in [0.717, 1.165) is 10.9 Å². The SMILES string of the molecule is CCC(=O)c1csc2ccc(C)cc12.